The highest BCUT2D eigenvalue weighted by molar-refractivity contribution is 6.06. The van der Waals surface area contributed by atoms with Gasteiger partial charge in [-0.15, -0.1) is 0 Å². The van der Waals surface area contributed by atoms with Gasteiger partial charge in [-0.2, -0.15) is 0 Å². The highest BCUT2D eigenvalue weighted by Crippen LogP contribution is 2.58. The molecule has 2 bridgehead atoms. The van der Waals surface area contributed by atoms with Crippen molar-refractivity contribution >= 4 is 17.9 Å². The quantitative estimate of drug-likeness (QED) is 0.331. The predicted octanol–water partition coefficient (Wildman–Crippen LogP) is 2.26. The van der Waals surface area contributed by atoms with Crippen molar-refractivity contribution in [2.75, 3.05) is 13.2 Å². The second-order valence-corrected chi connectivity index (χ2v) is 7.21. The van der Waals surface area contributed by atoms with Gasteiger partial charge in [-0.3, -0.25) is 14.4 Å². The number of esters is 3. The van der Waals surface area contributed by atoms with Gasteiger partial charge in [0.1, 0.15) is 5.60 Å². The smallest absolute Gasteiger partial charge is 0.325 e. The number of ether oxygens (including phenoxy) is 3. The van der Waals surface area contributed by atoms with E-state index in [2.05, 4.69) is 0 Å². The normalized spacial score (nSPS) is 27.0. The van der Waals surface area contributed by atoms with E-state index in [4.69, 9.17) is 14.2 Å². The molecule has 6 nitrogen and oxygen atoms in total. The minimum Gasteiger partial charge on any atom is -0.465 e. The summed E-state index contributed by atoms with van der Waals surface area (Å²) in [6.07, 6.45) is 4.25. The molecule has 24 heavy (non-hydrogen) atoms. The molecule has 2 aliphatic rings. The molecule has 0 unspecified atom stereocenters. The van der Waals surface area contributed by atoms with Crippen LogP contribution in [-0.2, 0) is 28.6 Å². The molecule has 6 heteroatoms. The lowest BCUT2D eigenvalue weighted by atomic mass is 9.68. The molecule has 0 N–H and O–H groups in total. The number of carbonyl (C=O) groups excluding carboxylic acids is 3. The van der Waals surface area contributed by atoms with E-state index in [-0.39, 0.29) is 19.1 Å². The molecule has 0 aromatic rings. The Kier molecular flexibility index (Phi) is 5.06. The van der Waals surface area contributed by atoms with Crippen molar-refractivity contribution in [3.63, 3.8) is 0 Å². The lowest BCUT2D eigenvalue weighted by Gasteiger charge is -2.37. The Morgan fingerprint density at radius 1 is 1.04 bits per heavy atom. The summed E-state index contributed by atoms with van der Waals surface area (Å²) >= 11 is 0. The Hall–Kier alpha value is -1.85. The van der Waals surface area contributed by atoms with Crippen molar-refractivity contribution < 1.29 is 28.6 Å². The van der Waals surface area contributed by atoms with Gasteiger partial charge in [-0.05, 0) is 47.0 Å². The molecule has 3 atom stereocenters. The number of hydrogen-bond acceptors (Lipinski definition) is 6. The SMILES string of the molecule is CCOC(=O)C1(C(=O)OCC)[C@H]2C=C[C@H](C2)[C@@H]1C(=O)OC(C)(C)C. The Balaban J connectivity index is 2.48. The van der Waals surface area contributed by atoms with E-state index in [1.54, 1.807) is 34.6 Å². The van der Waals surface area contributed by atoms with E-state index in [0.29, 0.717) is 6.42 Å². The molecule has 2 rings (SSSR count). The van der Waals surface area contributed by atoms with Crippen LogP contribution in [0.25, 0.3) is 0 Å². The number of fused-ring (bicyclic) bond motifs is 2. The summed E-state index contributed by atoms with van der Waals surface area (Å²) in [6.45, 7) is 8.86. The van der Waals surface area contributed by atoms with Crippen LogP contribution in [0, 0.1) is 23.2 Å². The van der Waals surface area contributed by atoms with Crippen LogP contribution in [0.3, 0.4) is 0 Å². The summed E-state index contributed by atoms with van der Waals surface area (Å²) in [5.41, 5.74) is -2.36. The van der Waals surface area contributed by atoms with E-state index in [0.717, 1.165) is 0 Å². The van der Waals surface area contributed by atoms with E-state index in [1.165, 1.54) is 0 Å². The molecule has 0 heterocycles. The monoisotopic (exact) mass is 338 g/mol. The molecule has 2 aliphatic carbocycles. The summed E-state index contributed by atoms with van der Waals surface area (Å²) in [4.78, 5) is 38.4. The molecular weight excluding hydrogens is 312 g/mol. The van der Waals surface area contributed by atoms with Crippen LogP contribution in [-0.4, -0.2) is 36.7 Å². The third kappa shape index (κ3) is 2.94. The highest BCUT2D eigenvalue weighted by Gasteiger charge is 2.70. The van der Waals surface area contributed by atoms with Crippen LogP contribution in [0.5, 0.6) is 0 Å². The molecule has 1 fully saturated rings. The lowest BCUT2D eigenvalue weighted by Crippen LogP contribution is -2.54. The molecule has 0 radical (unpaired) electrons. The number of hydrogen-bond donors (Lipinski definition) is 0. The van der Waals surface area contributed by atoms with Gasteiger partial charge in [0.15, 0.2) is 5.41 Å². The van der Waals surface area contributed by atoms with Crippen molar-refractivity contribution in [1.29, 1.82) is 0 Å². The maximum atomic E-state index is 12.8. The van der Waals surface area contributed by atoms with Gasteiger partial charge in [0.25, 0.3) is 0 Å². The Labute approximate surface area is 142 Å². The van der Waals surface area contributed by atoms with Gasteiger partial charge in [0.2, 0.25) is 0 Å². The summed E-state index contributed by atoms with van der Waals surface area (Å²) in [5, 5.41) is 0. The molecule has 0 saturated heterocycles. The summed E-state index contributed by atoms with van der Waals surface area (Å²) in [5.74, 6) is -3.49. The predicted molar refractivity (Wildman–Crippen MR) is 85.8 cm³/mol. The fourth-order valence-electron chi connectivity index (χ4n) is 3.75. The molecular formula is C18H26O6. The molecule has 0 spiro atoms. The van der Waals surface area contributed by atoms with Crippen LogP contribution in [0.1, 0.15) is 41.0 Å². The molecule has 1 saturated carbocycles. The molecule has 134 valence electrons. The fourth-order valence-corrected chi connectivity index (χ4v) is 3.75. The average molecular weight is 338 g/mol. The highest BCUT2D eigenvalue weighted by atomic mass is 16.6. The van der Waals surface area contributed by atoms with Crippen molar-refractivity contribution in [1.82, 2.24) is 0 Å². The Bertz CT molecular complexity index is 538. The first-order valence-electron chi connectivity index (χ1n) is 8.44. The van der Waals surface area contributed by atoms with Gasteiger partial charge >= 0.3 is 17.9 Å². The van der Waals surface area contributed by atoms with Gasteiger partial charge in [-0.1, -0.05) is 12.2 Å². The summed E-state index contributed by atoms with van der Waals surface area (Å²) < 4.78 is 15.9. The summed E-state index contributed by atoms with van der Waals surface area (Å²) in [7, 11) is 0. The zero-order valence-corrected chi connectivity index (χ0v) is 15.0. The Morgan fingerprint density at radius 3 is 2.04 bits per heavy atom. The van der Waals surface area contributed by atoms with Crippen molar-refractivity contribution in [3.8, 4) is 0 Å². The van der Waals surface area contributed by atoms with Crippen molar-refractivity contribution in [2.45, 2.75) is 46.6 Å². The maximum Gasteiger partial charge on any atom is 0.325 e. The Morgan fingerprint density at radius 2 is 1.58 bits per heavy atom. The first-order chi connectivity index (χ1) is 11.2. The molecule has 0 amide bonds. The minimum atomic E-state index is -1.65. The zero-order chi connectivity index (χ0) is 18.1. The molecule has 0 aromatic heterocycles. The van der Waals surface area contributed by atoms with Gasteiger partial charge in [-0.25, -0.2) is 0 Å². The lowest BCUT2D eigenvalue weighted by molar-refractivity contribution is -0.188. The molecule has 0 aliphatic heterocycles. The minimum absolute atomic E-state index is 0.127. The van der Waals surface area contributed by atoms with Crippen LogP contribution >= 0.6 is 0 Å². The topological polar surface area (TPSA) is 78.9 Å². The number of allylic oxidation sites excluding steroid dienone is 2. The van der Waals surface area contributed by atoms with Crippen LogP contribution < -0.4 is 0 Å². The first-order valence-corrected chi connectivity index (χ1v) is 8.44. The van der Waals surface area contributed by atoms with Crippen LogP contribution in [0.2, 0.25) is 0 Å². The van der Waals surface area contributed by atoms with E-state index in [1.807, 2.05) is 12.2 Å². The van der Waals surface area contributed by atoms with E-state index >= 15 is 0 Å². The number of rotatable bonds is 5. The second kappa shape index (κ2) is 6.57. The van der Waals surface area contributed by atoms with Gasteiger partial charge in [0.05, 0.1) is 19.1 Å². The standard InChI is InChI=1S/C18H26O6/c1-6-22-15(20)18(16(21)23-7-2)12-9-8-11(10-12)13(18)14(19)24-17(3,4)5/h8-9,11-13H,6-7,10H2,1-5H3/t11-,12+,13-/m1/s1. The third-order valence-electron chi connectivity index (χ3n) is 4.51. The number of carbonyl (C=O) groups is 3. The second-order valence-electron chi connectivity index (χ2n) is 7.21. The first kappa shape index (κ1) is 18.5. The fraction of sp³-hybridized carbons (Fsp3) is 0.722. The van der Waals surface area contributed by atoms with Gasteiger partial charge < -0.3 is 14.2 Å². The summed E-state index contributed by atoms with van der Waals surface area (Å²) in [6, 6.07) is 0. The van der Waals surface area contributed by atoms with Crippen LogP contribution in [0.15, 0.2) is 12.2 Å². The van der Waals surface area contributed by atoms with E-state index in [9.17, 15) is 14.4 Å². The van der Waals surface area contributed by atoms with E-state index < -0.39 is 40.8 Å². The maximum absolute atomic E-state index is 12.8. The largest absolute Gasteiger partial charge is 0.465 e. The average Bonchev–Trinajstić information content (AvgIpc) is 3.04. The zero-order valence-electron chi connectivity index (χ0n) is 15.0. The van der Waals surface area contributed by atoms with Crippen LogP contribution in [0.4, 0.5) is 0 Å². The van der Waals surface area contributed by atoms with Crippen molar-refractivity contribution in [3.05, 3.63) is 12.2 Å². The third-order valence-corrected chi connectivity index (χ3v) is 4.51. The molecule has 0 aromatic carbocycles. The van der Waals surface area contributed by atoms with Crippen molar-refractivity contribution in [2.24, 2.45) is 23.2 Å². The van der Waals surface area contributed by atoms with Gasteiger partial charge in [0, 0.05) is 5.92 Å².